The molecule has 1 aliphatic rings. The maximum absolute atomic E-state index is 12.2. The Hall–Kier alpha value is -1.83. The molecule has 1 amide bonds. The third-order valence-electron chi connectivity index (χ3n) is 3.06. The van der Waals surface area contributed by atoms with E-state index in [9.17, 15) is 22.8 Å². The van der Waals surface area contributed by atoms with Gasteiger partial charge in [-0.2, -0.15) is 13.2 Å². The molecule has 5 nitrogen and oxygen atoms in total. The zero-order valence-electron chi connectivity index (χ0n) is 10.6. The minimum absolute atomic E-state index is 0.154. The Morgan fingerprint density at radius 2 is 1.85 bits per heavy atom. The lowest BCUT2D eigenvalue weighted by molar-refractivity contribution is -0.148. The third-order valence-corrected chi connectivity index (χ3v) is 3.06. The SMILES string of the molecule is O=C(c1cccc(=O)[nH]1)N1CCN(CC(F)(F)F)CC1. The van der Waals surface area contributed by atoms with Crippen LogP contribution >= 0.6 is 0 Å². The van der Waals surface area contributed by atoms with Crippen molar-refractivity contribution in [1.82, 2.24) is 14.8 Å². The van der Waals surface area contributed by atoms with Gasteiger partial charge in [0, 0.05) is 32.2 Å². The molecule has 0 radical (unpaired) electrons. The average Bonchev–Trinajstić information content (AvgIpc) is 2.37. The largest absolute Gasteiger partial charge is 0.401 e. The second-order valence-electron chi connectivity index (χ2n) is 4.61. The molecule has 110 valence electrons. The van der Waals surface area contributed by atoms with E-state index in [0.717, 1.165) is 0 Å². The van der Waals surface area contributed by atoms with Gasteiger partial charge in [0.1, 0.15) is 5.69 Å². The molecule has 0 unspecified atom stereocenters. The summed E-state index contributed by atoms with van der Waals surface area (Å²) in [5, 5.41) is 0. The summed E-state index contributed by atoms with van der Waals surface area (Å²) in [5.41, 5.74) is -0.228. The molecule has 0 saturated carbocycles. The van der Waals surface area contributed by atoms with E-state index in [4.69, 9.17) is 0 Å². The molecule has 0 atom stereocenters. The highest BCUT2D eigenvalue weighted by Gasteiger charge is 2.33. The van der Waals surface area contributed by atoms with Gasteiger partial charge in [-0.05, 0) is 6.07 Å². The maximum atomic E-state index is 12.2. The van der Waals surface area contributed by atoms with Gasteiger partial charge in [0.2, 0.25) is 5.56 Å². The molecule has 0 spiro atoms. The first-order valence-corrected chi connectivity index (χ1v) is 6.13. The minimum atomic E-state index is -4.23. The predicted octanol–water partition coefficient (Wildman–Crippen LogP) is 0.695. The number of hydrogen-bond donors (Lipinski definition) is 1. The lowest BCUT2D eigenvalue weighted by Gasteiger charge is -2.34. The number of nitrogens with one attached hydrogen (secondary N) is 1. The zero-order valence-corrected chi connectivity index (χ0v) is 10.6. The summed E-state index contributed by atoms with van der Waals surface area (Å²) in [6.07, 6.45) is -4.23. The molecule has 1 aromatic heterocycles. The molecule has 1 N–H and O–H groups in total. The second kappa shape index (κ2) is 5.66. The Morgan fingerprint density at radius 1 is 1.20 bits per heavy atom. The van der Waals surface area contributed by atoms with Crippen LogP contribution in [0.1, 0.15) is 10.5 Å². The van der Waals surface area contributed by atoms with Gasteiger partial charge in [0.05, 0.1) is 6.54 Å². The van der Waals surface area contributed by atoms with E-state index in [2.05, 4.69) is 4.98 Å². The molecular formula is C12H14F3N3O2. The van der Waals surface area contributed by atoms with Crippen LogP contribution in [-0.2, 0) is 0 Å². The van der Waals surface area contributed by atoms with E-state index in [-0.39, 0.29) is 43.3 Å². The first-order chi connectivity index (χ1) is 9.35. The van der Waals surface area contributed by atoms with Crippen LogP contribution in [0.15, 0.2) is 23.0 Å². The Bertz CT molecular complexity index is 533. The number of carbonyl (C=O) groups is 1. The molecule has 2 heterocycles. The van der Waals surface area contributed by atoms with Crippen LogP contribution in [0.4, 0.5) is 13.2 Å². The number of piperazine rings is 1. The number of H-pyrrole nitrogens is 1. The van der Waals surface area contributed by atoms with Crippen molar-refractivity contribution in [1.29, 1.82) is 0 Å². The molecule has 20 heavy (non-hydrogen) atoms. The van der Waals surface area contributed by atoms with Crippen LogP contribution < -0.4 is 5.56 Å². The van der Waals surface area contributed by atoms with Gasteiger partial charge in [-0.25, -0.2) is 0 Å². The van der Waals surface area contributed by atoms with E-state index in [1.165, 1.54) is 28.0 Å². The number of amides is 1. The van der Waals surface area contributed by atoms with Crippen molar-refractivity contribution in [2.45, 2.75) is 6.18 Å². The van der Waals surface area contributed by atoms with Gasteiger partial charge in [0.25, 0.3) is 5.91 Å². The molecular weight excluding hydrogens is 275 g/mol. The molecule has 1 saturated heterocycles. The number of pyridine rings is 1. The van der Waals surface area contributed by atoms with Crippen molar-refractivity contribution in [2.75, 3.05) is 32.7 Å². The second-order valence-corrected chi connectivity index (χ2v) is 4.61. The lowest BCUT2D eigenvalue weighted by Crippen LogP contribution is -2.51. The van der Waals surface area contributed by atoms with E-state index < -0.39 is 12.7 Å². The number of nitrogens with zero attached hydrogens (tertiary/aromatic N) is 2. The van der Waals surface area contributed by atoms with E-state index in [1.807, 2.05) is 0 Å². The highest BCUT2D eigenvalue weighted by atomic mass is 19.4. The summed E-state index contributed by atoms with van der Waals surface area (Å²) in [6.45, 7) is -0.195. The van der Waals surface area contributed by atoms with Gasteiger partial charge in [-0.3, -0.25) is 14.5 Å². The Morgan fingerprint density at radius 3 is 2.40 bits per heavy atom. The van der Waals surface area contributed by atoms with Crippen molar-refractivity contribution in [3.05, 3.63) is 34.2 Å². The van der Waals surface area contributed by atoms with Crippen molar-refractivity contribution >= 4 is 5.91 Å². The van der Waals surface area contributed by atoms with E-state index >= 15 is 0 Å². The summed E-state index contributed by atoms with van der Waals surface area (Å²) in [5.74, 6) is -0.366. The number of alkyl halides is 3. The number of aromatic amines is 1. The Labute approximate surface area is 113 Å². The van der Waals surface area contributed by atoms with Gasteiger partial charge in [-0.1, -0.05) is 6.07 Å². The van der Waals surface area contributed by atoms with Crippen LogP contribution in [0, 0.1) is 0 Å². The fourth-order valence-electron chi connectivity index (χ4n) is 2.11. The number of aromatic nitrogens is 1. The maximum Gasteiger partial charge on any atom is 0.401 e. The highest BCUT2D eigenvalue weighted by molar-refractivity contribution is 5.92. The predicted molar refractivity (Wildman–Crippen MR) is 65.5 cm³/mol. The summed E-state index contributed by atoms with van der Waals surface area (Å²) < 4.78 is 36.7. The Balaban J connectivity index is 1.94. The smallest absolute Gasteiger partial charge is 0.335 e. The molecule has 1 fully saturated rings. The lowest BCUT2D eigenvalue weighted by atomic mass is 10.2. The molecule has 1 aliphatic heterocycles. The van der Waals surface area contributed by atoms with Crippen LogP contribution in [0.3, 0.4) is 0 Å². The standard InChI is InChI=1S/C12H14F3N3O2/c13-12(14,15)8-17-4-6-18(7-5-17)11(20)9-2-1-3-10(19)16-9/h1-3H,4-8H2,(H,16,19). The van der Waals surface area contributed by atoms with Crippen molar-refractivity contribution < 1.29 is 18.0 Å². The van der Waals surface area contributed by atoms with E-state index in [1.54, 1.807) is 0 Å². The minimum Gasteiger partial charge on any atom is -0.335 e. The molecule has 1 aromatic rings. The van der Waals surface area contributed by atoms with Gasteiger partial charge in [-0.15, -0.1) is 0 Å². The zero-order chi connectivity index (χ0) is 14.8. The molecule has 0 bridgehead atoms. The fraction of sp³-hybridized carbons (Fsp3) is 0.500. The Kier molecular flexibility index (Phi) is 4.12. The number of halogens is 3. The van der Waals surface area contributed by atoms with Crippen LogP contribution in [0.2, 0.25) is 0 Å². The summed E-state index contributed by atoms with van der Waals surface area (Å²) in [7, 11) is 0. The molecule has 0 aromatic carbocycles. The topological polar surface area (TPSA) is 56.4 Å². The van der Waals surface area contributed by atoms with Crippen molar-refractivity contribution in [3.63, 3.8) is 0 Å². The molecule has 8 heteroatoms. The normalized spacial score (nSPS) is 17.2. The fourth-order valence-corrected chi connectivity index (χ4v) is 2.11. The first kappa shape index (κ1) is 14.6. The van der Waals surface area contributed by atoms with Gasteiger partial charge < -0.3 is 9.88 Å². The summed E-state index contributed by atoms with van der Waals surface area (Å²) >= 11 is 0. The van der Waals surface area contributed by atoms with E-state index in [0.29, 0.717) is 0 Å². The number of rotatable bonds is 2. The van der Waals surface area contributed by atoms with Gasteiger partial charge in [0.15, 0.2) is 0 Å². The van der Waals surface area contributed by atoms with Gasteiger partial charge >= 0.3 is 6.18 Å². The van der Waals surface area contributed by atoms with Crippen molar-refractivity contribution in [3.8, 4) is 0 Å². The van der Waals surface area contributed by atoms with Crippen LogP contribution in [0.25, 0.3) is 0 Å². The molecule has 2 rings (SSSR count). The quantitative estimate of drug-likeness (QED) is 0.872. The first-order valence-electron chi connectivity index (χ1n) is 6.13. The third kappa shape index (κ3) is 3.83. The summed E-state index contributed by atoms with van der Waals surface area (Å²) in [6, 6.07) is 4.23. The average molecular weight is 289 g/mol. The summed E-state index contributed by atoms with van der Waals surface area (Å²) in [4.78, 5) is 28.3. The van der Waals surface area contributed by atoms with Crippen LogP contribution in [0.5, 0.6) is 0 Å². The monoisotopic (exact) mass is 289 g/mol. The number of hydrogen-bond acceptors (Lipinski definition) is 3. The van der Waals surface area contributed by atoms with Crippen LogP contribution in [-0.4, -0.2) is 59.6 Å². The molecule has 0 aliphatic carbocycles. The highest BCUT2D eigenvalue weighted by Crippen LogP contribution is 2.17. The van der Waals surface area contributed by atoms with Crippen molar-refractivity contribution in [2.24, 2.45) is 0 Å². The number of carbonyl (C=O) groups excluding carboxylic acids is 1.